The number of rotatable bonds is 1. The molecule has 0 aliphatic heterocycles. The van der Waals surface area contributed by atoms with Crippen molar-refractivity contribution >= 4 is 11.7 Å². The molecule has 0 unspecified atom stereocenters. The van der Waals surface area contributed by atoms with E-state index in [4.69, 9.17) is 4.74 Å². The van der Waals surface area contributed by atoms with E-state index >= 15 is 0 Å². The van der Waals surface area contributed by atoms with Gasteiger partial charge in [0, 0.05) is 12.4 Å². The second kappa shape index (κ2) is 5.61. The molecule has 0 saturated carbocycles. The third kappa shape index (κ3) is 3.72. The largest absolute Gasteiger partial charge is 0.444 e. The van der Waals surface area contributed by atoms with Crippen LogP contribution in [0.25, 0.3) is 5.65 Å². The zero-order valence-electron chi connectivity index (χ0n) is 11.7. The Labute approximate surface area is 117 Å². The Balaban J connectivity index is 1.94. The first-order valence-electron chi connectivity index (χ1n) is 6.20. The number of nitrogens with zero attached hydrogens (tertiary/aromatic N) is 3. The maximum atomic E-state index is 11.4. The maximum Gasteiger partial charge on any atom is 0.408 e. The highest BCUT2D eigenvalue weighted by atomic mass is 16.6. The van der Waals surface area contributed by atoms with Crippen LogP contribution in [0.2, 0.25) is 0 Å². The van der Waals surface area contributed by atoms with Crippen molar-refractivity contribution in [3.63, 3.8) is 0 Å². The van der Waals surface area contributed by atoms with Gasteiger partial charge in [0.1, 0.15) is 5.60 Å². The minimum atomic E-state index is -0.510. The van der Waals surface area contributed by atoms with Crippen LogP contribution < -0.4 is 5.32 Å². The van der Waals surface area contributed by atoms with Crippen LogP contribution in [0.4, 0.5) is 4.79 Å². The van der Waals surface area contributed by atoms with Gasteiger partial charge >= 0.3 is 6.09 Å². The molecule has 104 valence electrons. The molecule has 6 nitrogen and oxygen atoms in total. The highest BCUT2D eigenvalue weighted by Crippen LogP contribution is 2.06. The van der Waals surface area contributed by atoms with Gasteiger partial charge in [-0.15, -0.1) is 0 Å². The van der Waals surface area contributed by atoms with E-state index in [0.29, 0.717) is 5.65 Å². The number of hydrogen-bond donors (Lipinski definition) is 1. The van der Waals surface area contributed by atoms with Crippen LogP contribution in [0, 0.1) is 11.8 Å². The van der Waals surface area contributed by atoms with E-state index in [9.17, 15) is 4.79 Å². The molecule has 0 fully saturated rings. The Kier molecular flexibility index (Phi) is 3.89. The summed E-state index contributed by atoms with van der Waals surface area (Å²) in [5, 5.41) is 6.69. The number of amides is 1. The van der Waals surface area contributed by atoms with Crippen molar-refractivity contribution in [1.82, 2.24) is 19.9 Å². The van der Waals surface area contributed by atoms with Crippen LogP contribution in [-0.4, -0.2) is 32.8 Å². The lowest BCUT2D eigenvalue weighted by molar-refractivity contribution is 0.0535. The van der Waals surface area contributed by atoms with Gasteiger partial charge in [-0.2, -0.15) is 5.10 Å². The number of carbonyl (C=O) groups is 1. The molecule has 0 aromatic carbocycles. The highest BCUT2D eigenvalue weighted by Gasteiger charge is 2.15. The summed E-state index contributed by atoms with van der Waals surface area (Å²) >= 11 is 0. The summed E-state index contributed by atoms with van der Waals surface area (Å²) in [5.41, 5.74) is 0.901. The van der Waals surface area contributed by atoms with E-state index in [2.05, 4.69) is 27.2 Å². The van der Waals surface area contributed by atoms with Crippen molar-refractivity contribution < 1.29 is 9.53 Å². The molecule has 1 N–H and O–H groups in total. The van der Waals surface area contributed by atoms with E-state index in [0.717, 1.165) is 5.56 Å². The molecular weight excluding hydrogens is 256 g/mol. The van der Waals surface area contributed by atoms with Gasteiger partial charge in [-0.05, 0) is 26.8 Å². The van der Waals surface area contributed by atoms with E-state index in [1.54, 1.807) is 29.2 Å². The minimum absolute atomic E-state index is 0.207. The summed E-state index contributed by atoms with van der Waals surface area (Å²) < 4.78 is 6.74. The fourth-order valence-corrected chi connectivity index (χ4v) is 1.49. The molecule has 2 aromatic heterocycles. The predicted octanol–water partition coefficient (Wildman–Crippen LogP) is 1.61. The normalized spacial score (nSPS) is 10.8. The van der Waals surface area contributed by atoms with Crippen LogP contribution in [0.5, 0.6) is 0 Å². The third-order valence-electron chi connectivity index (χ3n) is 2.22. The summed E-state index contributed by atoms with van der Waals surface area (Å²) in [5.74, 6) is 5.76. The molecular formula is C14H16N4O2. The first-order valence-corrected chi connectivity index (χ1v) is 6.20. The standard InChI is InChI=1S/C14H16N4O2/c1-14(2,3)20-13(19)16-7-4-6-11-10-17-18-9-5-8-15-12(11)18/h5,8-10H,7H2,1-3H3,(H,16,19). The molecule has 6 heteroatoms. The van der Waals surface area contributed by atoms with E-state index < -0.39 is 11.7 Å². The number of alkyl carbamates (subject to hydrolysis) is 1. The molecule has 1 amide bonds. The van der Waals surface area contributed by atoms with Gasteiger partial charge in [0.15, 0.2) is 5.65 Å². The average Bonchev–Trinajstić information content (AvgIpc) is 2.76. The summed E-state index contributed by atoms with van der Waals surface area (Å²) in [6, 6.07) is 1.79. The van der Waals surface area contributed by atoms with Gasteiger partial charge in [0.2, 0.25) is 0 Å². The monoisotopic (exact) mass is 272 g/mol. The summed E-state index contributed by atoms with van der Waals surface area (Å²) in [6.45, 7) is 5.63. The Bertz CT molecular complexity index is 674. The van der Waals surface area contributed by atoms with Crippen molar-refractivity contribution in [3.8, 4) is 11.8 Å². The van der Waals surface area contributed by atoms with Crippen molar-refractivity contribution in [2.24, 2.45) is 0 Å². The number of nitrogens with one attached hydrogen (secondary N) is 1. The average molecular weight is 272 g/mol. The van der Waals surface area contributed by atoms with Crippen LogP contribution in [0.15, 0.2) is 24.7 Å². The van der Waals surface area contributed by atoms with E-state index in [-0.39, 0.29) is 6.54 Å². The van der Waals surface area contributed by atoms with Crippen molar-refractivity contribution in [3.05, 3.63) is 30.2 Å². The lowest BCUT2D eigenvalue weighted by Gasteiger charge is -2.18. The number of carbonyl (C=O) groups excluding carboxylic acids is 1. The maximum absolute atomic E-state index is 11.4. The van der Waals surface area contributed by atoms with E-state index in [1.807, 2.05) is 20.8 Å². The van der Waals surface area contributed by atoms with Crippen molar-refractivity contribution in [1.29, 1.82) is 0 Å². The highest BCUT2D eigenvalue weighted by molar-refractivity contribution is 5.68. The molecule has 2 aromatic rings. The molecule has 0 aliphatic rings. The van der Waals surface area contributed by atoms with E-state index in [1.165, 1.54) is 0 Å². The second-order valence-electron chi connectivity index (χ2n) is 5.10. The zero-order chi connectivity index (χ0) is 14.6. The Morgan fingerprint density at radius 3 is 3.05 bits per heavy atom. The van der Waals surface area contributed by atoms with Crippen molar-refractivity contribution in [2.75, 3.05) is 6.54 Å². The van der Waals surface area contributed by atoms with Crippen LogP contribution in [0.3, 0.4) is 0 Å². The smallest absolute Gasteiger partial charge is 0.408 e. The van der Waals surface area contributed by atoms with Gasteiger partial charge in [-0.3, -0.25) is 0 Å². The SMILES string of the molecule is CC(C)(C)OC(=O)NCC#Cc1cnn2cccnc12. The summed E-state index contributed by atoms with van der Waals surface area (Å²) in [7, 11) is 0. The van der Waals surface area contributed by atoms with Gasteiger partial charge < -0.3 is 10.1 Å². The fourth-order valence-electron chi connectivity index (χ4n) is 1.49. The first kappa shape index (κ1) is 13.9. The summed E-state index contributed by atoms with van der Waals surface area (Å²) in [4.78, 5) is 15.6. The topological polar surface area (TPSA) is 68.5 Å². The van der Waals surface area contributed by atoms with Crippen LogP contribution in [-0.2, 0) is 4.74 Å². The van der Waals surface area contributed by atoms with Gasteiger partial charge in [-0.1, -0.05) is 11.8 Å². The van der Waals surface area contributed by atoms with Gasteiger partial charge in [0.25, 0.3) is 0 Å². The quantitative estimate of drug-likeness (QED) is 0.801. The fraction of sp³-hybridized carbons (Fsp3) is 0.357. The molecule has 0 aliphatic carbocycles. The summed E-state index contributed by atoms with van der Waals surface area (Å²) in [6.07, 6.45) is 4.64. The van der Waals surface area contributed by atoms with Crippen molar-refractivity contribution in [2.45, 2.75) is 26.4 Å². The minimum Gasteiger partial charge on any atom is -0.444 e. The number of aromatic nitrogens is 3. The van der Waals surface area contributed by atoms with Crippen LogP contribution in [0.1, 0.15) is 26.3 Å². The molecule has 0 radical (unpaired) electrons. The lowest BCUT2D eigenvalue weighted by atomic mass is 10.2. The molecule has 20 heavy (non-hydrogen) atoms. The Hall–Kier alpha value is -2.55. The predicted molar refractivity (Wildman–Crippen MR) is 74.1 cm³/mol. The molecule has 2 rings (SSSR count). The number of hydrogen-bond acceptors (Lipinski definition) is 4. The second-order valence-corrected chi connectivity index (χ2v) is 5.10. The number of fused-ring (bicyclic) bond motifs is 1. The third-order valence-corrected chi connectivity index (χ3v) is 2.22. The van der Waals surface area contributed by atoms with Crippen LogP contribution >= 0.6 is 0 Å². The van der Waals surface area contributed by atoms with Gasteiger partial charge in [0.05, 0.1) is 18.3 Å². The lowest BCUT2D eigenvalue weighted by Crippen LogP contribution is -2.32. The molecule has 0 atom stereocenters. The zero-order valence-corrected chi connectivity index (χ0v) is 11.7. The number of ether oxygens (including phenoxy) is 1. The molecule has 0 saturated heterocycles. The van der Waals surface area contributed by atoms with Gasteiger partial charge in [-0.25, -0.2) is 14.3 Å². The molecule has 2 heterocycles. The Morgan fingerprint density at radius 2 is 2.30 bits per heavy atom. The first-order chi connectivity index (χ1) is 9.46. The molecule has 0 spiro atoms. The molecule has 0 bridgehead atoms. The Morgan fingerprint density at radius 1 is 1.50 bits per heavy atom.